The Morgan fingerprint density at radius 2 is 2.11 bits per heavy atom. The van der Waals surface area contributed by atoms with Crippen LogP contribution < -0.4 is 10.6 Å². The second-order valence-corrected chi connectivity index (χ2v) is 4.82. The number of hydrogen-bond acceptors (Lipinski definition) is 4. The maximum absolute atomic E-state index is 11.7. The molecule has 0 radical (unpaired) electrons. The molecule has 18 heavy (non-hydrogen) atoms. The van der Waals surface area contributed by atoms with Gasteiger partial charge in [0.25, 0.3) is 0 Å². The number of carbonyl (C=O) groups excluding carboxylic acids is 1. The summed E-state index contributed by atoms with van der Waals surface area (Å²) < 4.78 is 0. The molecular weight excluding hydrogens is 252 g/mol. The molecule has 1 aromatic rings. The minimum Gasteiger partial charge on any atom is -0.352 e. The Morgan fingerprint density at radius 1 is 1.44 bits per heavy atom. The highest BCUT2D eigenvalue weighted by Crippen LogP contribution is 2.23. The van der Waals surface area contributed by atoms with E-state index in [1.807, 2.05) is 12.1 Å². The van der Waals surface area contributed by atoms with Crippen molar-refractivity contribution in [1.29, 1.82) is 0 Å². The molecule has 0 spiro atoms. The Bertz CT molecular complexity index is 430. The zero-order valence-corrected chi connectivity index (χ0v) is 11.1. The van der Waals surface area contributed by atoms with Gasteiger partial charge in [0.15, 0.2) is 0 Å². The molecule has 1 aromatic heterocycles. The van der Waals surface area contributed by atoms with Crippen molar-refractivity contribution >= 4 is 23.3 Å². The topological polar surface area (TPSA) is 62.5 Å². The predicted octanol–water partition coefficient (Wildman–Crippen LogP) is 0.731. The third-order valence-corrected chi connectivity index (χ3v) is 3.31. The number of aromatic nitrogens is 1. The van der Waals surface area contributed by atoms with Crippen LogP contribution in [0.25, 0.3) is 0 Å². The van der Waals surface area contributed by atoms with E-state index >= 15 is 0 Å². The summed E-state index contributed by atoms with van der Waals surface area (Å²) in [4.78, 5) is 19.9. The quantitative estimate of drug-likeness (QED) is 0.859. The molecule has 6 heteroatoms. The number of halogens is 1. The Morgan fingerprint density at radius 3 is 2.67 bits per heavy atom. The third kappa shape index (κ3) is 2.73. The van der Waals surface area contributed by atoms with E-state index in [4.69, 9.17) is 17.3 Å². The van der Waals surface area contributed by atoms with Crippen molar-refractivity contribution in [3.63, 3.8) is 0 Å². The van der Waals surface area contributed by atoms with E-state index in [0.29, 0.717) is 18.1 Å². The number of carbonyl (C=O) groups is 1. The molecule has 1 aliphatic rings. The van der Waals surface area contributed by atoms with Crippen LogP contribution in [0.4, 0.5) is 5.82 Å². The normalized spacial score (nSPS) is 17.7. The van der Waals surface area contributed by atoms with Crippen LogP contribution in [-0.4, -0.2) is 48.0 Å². The van der Waals surface area contributed by atoms with Crippen LogP contribution in [0.5, 0.6) is 0 Å². The first kappa shape index (κ1) is 13.1. The van der Waals surface area contributed by atoms with Crippen molar-refractivity contribution < 1.29 is 4.79 Å². The van der Waals surface area contributed by atoms with Gasteiger partial charge in [0, 0.05) is 32.4 Å². The highest BCUT2D eigenvalue weighted by atomic mass is 35.5. The van der Waals surface area contributed by atoms with Crippen LogP contribution in [0.15, 0.2) is 18.3 Å². The first-order chi connectivity index (χ1) is 8.59. The molecule has 0 bridgehead atoms. The molecule has 1 atom stereocenters. The largest absolute Gasteiger partial charge is 0.352 e. The van der Waals surface area contributed by atoms with Gasteiger partial charge in [-0.1, -0.05) is 11.6 Å². The minimum absolute atomic E-state index is 0.00164. The lowest BCUT2D eigenvalue weighted by atomic mass is 10.2. The molecular formula is C12H17ClN4O. The van der Waals surface area contributed by atoms with Crippen molar-refractivity contribution in [3.05, 3.63) is 23.4 Å². The molecule has 0 aromatic carbocycles. The highest BCUT2D eigenvalue weighted by Gasteiger charge is 2.24. The predicted molar refractivity (Wildman–Crippen MR) is 71.7 cm³/mol. The SMILES string of the molecule is C[C@@H](N)C(=O)N1CCN(c2ncccc2Cl)CC1. The molecule has 1 saturated heterocycles. The Kier molecular flexibility index (Phi) is 4.04. The van der Waals surface area contributed by atoms with Gasteiger partial charge in [-0.3, -0.25) is 4.79 Å². The molecule has 1 fully saturated rings. The Hall–Kier alpha value is -1.33. The Labute approximate surface area is 112 Å². The summed E-state index contributed by atoms with van der Waals surface area (Å²) in [6.45, 7) is 4.50. The lowest BCUT2D eigenvalue weighted by molar-refractivity contribution is -0.132. The van der Waals surface area contributed by atoms with E-state index in [0.717, 1.165) is 18.9 Å². The van der Waals surface area contributed by atoms with Gasteiger partial charge >= 0.3 is 0 Å². The number of piperazine rings is 1. The molecule has 1 aliphatic heterocycles. The molecule has 98 valence electrons. The van der Waals surface area contributed by atoms with Gasteiger partial charge in [-0.05, 0) is 19.1 Å². The average molecular weight is 269 g/mol. The van der Waals surface area contributed by atoms with E-state index in [1.54, 1.807) is 18.0 Å². The second kappa shape index (κ2) is 5.54. The van der Waals surface area contributed by atoms with Crippen molar-refractivity contribution in [1.82, 2.24) is 9.88 Å². The van der Waals surface area contributed by atoms with Gasteiger partial charge in [-0.2, -0.15) is 0 Å². The van der Waals surface area contributed by atoms with Crippen molar-refractivity contribution in [2.24, 2.45) is 5.73 Å². The Balaban J connectivity index is 1.99. The monoisotopic (exact) mass is 268 g/mol. The molecule has 2 rings (SSSR count). The fourth-order valence-electron chi connectivity index (χ4n) is 2.04. The average Bonchev–Trinajstić information content (AvgIpc) is 2.38. The van der Waals surface area contributed by atoms with Crippen LogP contribution in [0, 0.1) is 0 Å². The zero-order chi connectivity index (χ0) is 13.1. The molecule has 0 aliphatic carbocycles. The van der Waals surface area contributed by atoms with Gasteiger partial charge in [-0.15, -0.1) is 0 Å². The van der Waals surface area contributed by atoms with E-state index < -0.39 is 6.04 Å². The highest BCUT2D eigenvalue weighted by molar-refractivity contribution is 6.32. The number of nitrogens with two attached hydrogens (primary N) is 1. The number of anilines is 1. The van der Waals surface area contributed by atoms with Gasteiger partial charge < -0.3 is 15.5 Å². The molecule has 2 heterocycles. The maximum atomic E-state index is 11.7. The summed E-state index contributed by atoms with van der Waals surface area (Å²) in [6, 6.07) is 3.19. The fourth-order valence-corrected chi connectivity index (χ4v) is 2.28. The number of nitrogens with zero attached hydrogens (tertiary/aromatic N) is 3. The lowest BCUT2D eigenvalue weighted by Crippen LogP contribution is -2.52. The number of rotatable bonds is 2. The fraction of sp³-hybridized carbons (Fsp3) is 0.500. The van der Waals surface area contributed by atoms with E-state index in [9.17, 15) is 4.79 Å². The standard InChI is InChI=1S/C12H17ClN4O/c1-9(14)12(18)17-7-5-16(6-8-17)11-10(13)3-2-4-15-11/h2-4,9H,5-8,14H2,1H3/t9-/m1/s1. The number of amides is 1. The van der Waals surface area contributed by atoms with E-state index in [1.165, 1.54) is 0 Å². The summed E-state index contributed by atoms with van der Waals surface area (Å²) in [7, 11) is 0. The third-order valence-electron chi connectivity index (χ3n) is 3.02. The minimum atomic E-state index is -0.435. The molecule has 1 amide bonds. The number of hydrogen-bond donors (Lipinski definition) is 1. The first-order valence-electron chi connectivity index (χ1n) is 5.99. The van der Waals surface area contributed by atoms with Crippen molar-refractivity contribution in [3.8, 4) is 0 Å². The molecule has 2 N–H and O–H groups in total. The van der Waals surface area contributed by atoms with Crippen molar-refractivity contribution in [2.75, 3.05) is 31.1 Å². The summed E-state index contributed by atoms with van der Waals surface area (Å²) in [6.07, 6.45) is 1.72. The smallest absolute Gasteiger partial charge is 0.239 e. The van der Waals surface area contributed by atoms with Gasteiger partial charge in [0.05, 0.1) is 11.1 Å². The summed E-state index contributed by atoms with van der Waals surface area (Å²) in [5.74, 6) is 0.786. The lowest BCUT2D eigenvalue weighted by Gasteiger charge is -2.36. The van der Waals surface area contributed by atoms with Gasteiger partial charge in [0.2, 0.25) is 5.91 Å². The van der Waals surface area contributed by atoms with Crippen LogP contribution in [0.3, 0.4) is 0 Å². The summed E-state index contributed by atoms with van der Waals surface area (Å²) in [5.41, 5.74) is 5.60. The second-order valence-electron chi connectivity index (χ2n) is 4.41. The van der Waals surface area contributed by atoms with Crippen LogP contribution in [0.1, 0.15) is 6.92 Å². The summed E-state index contributed by atoms with van der Waals surface area (Å²) in [5, 5.41) is 0.643. The molecule has 0 saturated carbocycles. The molecule has 5 nitrogen and oxygen atoms in total. The summed E-state index contributed by atoms with van der Waals surface area (Å²) >= 11 is 6.10. The van der Waals surface area contributed by atoms with Crippen LogP contribution in [-0.2, 0) is 4.79 Å². The maximum Gasteiger partial charge on any atom is 0.239 e. The van der Waals surface area contributed by atoms with E-state index in [-0.39, 0.29) is 5.91 Å². The van der Waals surface area contributed by atoms with Crippen molar-refractivity contribution in [2.45, 2.75) is 13.0 Å². The van der Waals surface area contributed by atoms with Gasteiger partial charge in [-0.25, -0.2) is 4.98 Å². The van der Waals surface area contributed by atoms with Crippen LogP contribution in [0.2, 0.25) is 5.02 Å². The number of pyridine rings is 1. The molecule has 0 unspecified atom stereocenters. The van der Waals surface area contributed by atoms with Gasteiger partial charge in [0.1, 0.15) is 5.82 Å². The van der Waals surface area contributed by atoms with Crippen LogP contribution >= 0.6 is 11.6 Å². The zero-order valence-electron chi connectivity index (χ0n) is 10.3. The van der Waals surface area contributed by atoms with E-state index in [2.05, 4.69) is 9.88 Å². The first-order valence-corrected chi connectivity index (χ1v) is 6.37.